The van der Waals surface area contributed by atoms with Crippen LogP contribution in [0.4, 0.5) is 13.2 Å². The first kappa shape index (κ1) is 15.6. The number of rotatable bonds is 3. The third-order valence-corrected chi connectivity index (χ3v) is 5.28. The summed E-state index contributed by atoms with van der Waals surface area (Å²) in [7, 11) is -4.42. The molecule has 2 rings (SSSR count). The van der Waals surface area contributed by atoms with E-state index in [0.717, 1.165) is 12.8 Å². The molecule has 8 heteroatoms. The van der Waals surface area contributed by atoms with Gasteiger partial charge in [0.2, 0.25) is 10.0 Å². The number of benzene rings is 1. The van der Waals surface area contributed by atoms with Crippen LogP contribution in [-0.4, -0.2) is 19.8 Å². The van der Waals surface area contributed by atoms with Crippen molar-refractivity contribution in [2.75, 3.05) is 0 Å². The number of hydrogen-bond acceptors (Lipinski definition) is 2. The molecule has 1 aliphatic carbocycles. The molecule has 0 amide bonds. The van der Waals surface area contributed by atoms with Gasteiger partial charge in [-0.3, -0.25) is 0 Å². The van der Waals surface area contributed by atoms with E-state index in [9.17, 15) is 21.6 Å². The second-order valence-electron chi connectivity index (χ2n) is 4.73. The lowest BCUT2D eigenvalue weighted by atomic mass is 9.96. The van der Waals surface area contributed by atoms with Crippen LogP contribution in [0.3, 0.4) is 0 Å². The van der Waals surface area contributed by atoms with Crippen LogP contribution in [-0.2, 0) is 10.0 Å². The summed E-state index contributed by atoms with van der Waals surface area (Å²) in [6.07, 6.45) is 2.79. The topological polar surface area (TPSA) is 46.2 Å². The number of alkyl halides is 1. The molecule has 0 saturated heterocycles. The van der Waals surface area contributed by atoms with Crippen LogP contribution in [0.1, 0.15) is 25.7 Å². The molecular weight excluding hydrogens is 315 g/mol. The fourth-order valence-corrected chi connectivity index (χ4v) is 4.11. The Morgan fingerprint density at radius 3 is 2.20 bits per heavy atom. The maximum atomic E-state index is 13.5. The second kappa shape index (κ2) is 5.91. The smallest absolute Gasteiger partial charge is 0.207 e. The summed E-state index contributed by atoms with van der Waals surface area (Å²) in [6, 6.07) is 0.0761. The van der Waals surface area contributed by atoms with E-state index in [-0.39, 0.29) is 0 Å². The Morgan fingerprint density at radius 1 is 1.10 bits per heavy atom. The third-order valence-electron chi connectivity index (χ3n) is 3.22. The second-order valence-corrected chi connectivity index (χ2v) is 6.94. The molecule has 2 unspecified atom stereocenters. The summed E-state index contributed by atoms with van der Waals surface area (Å²) in [4.78, 5) is -1.17. The molecule has 3 nitrogen and oxygen atoms in total. The van der Waals surface area contributed by atoms with Gasteiger partial charge in [-0.05, 0) is 12.8 Å². The van der Waals surface area contributed by atoms with E-state index in [1.165, 1.54) is 0 Å². The normalized spacial score (nSPS) is 23.8. The van der Waals surface area contributed by atoms with Crippen LogP contribution in [0.25, 0.3) is 0 Å². The molecule has 0 aliphatic heterocycles. The van der Waals surface area contributed by atoms with Crippen molar-refractivity contribution >= 4 is 21.6 Å². The predicted octanol–water partition coefficient (Wildman–Crippen LogP) is 2.93. The van der Waals surface area contributed by atoms with E-state index in [2.05, 4.69) is 4.72 Å². The first-order valence-electron chi connectivity index (χ1n) is 6.12. The lowest BCUT2D eigenvalue weighted by molar-refractivity contribution is 0.415. The van der Waals surface area contributed by atoms with Gasteiger partial charge in [-0.15, -0.1) is 11.6 Å². The van der Waals surface area contributed by atoms with Crippen LogP contribution in [0.2, 0.25) is 0 Å². The molecule has 1 fully saturated rings. The SMILES string of the molecule is O=S(=O)(NC1CCCCC1Cl)c1c(F)cc(F)cc1F. The van der Waals surface area contributed by atoms with Crippen molar-refractivity contribution in [2.45, 2.75) is 42.0 Å². The Balaban J connectivity index is 2.31. The van der Waals surface area contributed by atoms with Crippen molar-refractivity contribution in [3.8, 4) is 0 Å². The van der Waals surface area contributed by atoms with Crippen molar-refractivity contribution in [2.24, 2.45) is 0 Å². The molecule has 20 heavy (non-hydrogen) atoms. The Labute approximate surface area is 120 Å². The van der Waals surface area contributed by atoms with Gasteiger partial charge in [-0.2, -0.15) is 0 Å². The number of sulfonamides is 1. The highest BCUT2D eigenvalue weighted by Gasteiger charge is 2.31. The summed E-state index contributed by atoms with van der Waals surface area (Å²) < 4.78 is 66.1. The van der Waals surface area contributed by atoms with E-state index < -0.39 is 43.8 Å². The first-order valence-corrected chi connectivity index (χ1v) is 8.04. The molecule has 1 aromatic carbocycles. The van der Waals surface area contributed by atoms with Gasteiger partial charge in [0, 0.05) is 23.6 Å². The Hall–Kier alpha value is -0.790. The van der Waals surface area contributed by atoms with Gasteiger partial charge >= 0.3 is 0 Å². The molecule has 1 aromatic rings. The van der Waals surface area contributed by atoms with E-state index in [4.69, 9.17) is 11.6 Å². The van der Waals surface area contributed by atoms with Crippen molar-refractivity contribution < 1.29 is 21.6 Å². The Morgan fingerprint density at radius 2 is 1.65 bits per heavy atom. The van der Waals surface area contributed by atoms with E-state index in [1.54, 1.807) is 0 Å². The van der Waals surface area contributed by atoms with Crippen molar-refractivity contribution in [3.05, 3.63) is 29.6 Å². The fraction of sp³-hybridized carbons (Fsp3) is 0.500. The van der Waals surface area contributed by atoms with Crippen LogP contribution < -0.4 is 4.72 Å². The van der Waals surface area contributed by atoms with Crippen LogP contribution in [0, 0.1) is 17.5 Å². The molecule has 0 aromatic heterocycles. The zero-order valence-corrected chi connectivity index (χ0v) is 11.9. The largest absolute Gasteiger partial charge is 0.246 e. The summed E-state index contributed by atoms with van der Waals surface area (Å²) in [6.45, 7) is 0. The molecule has 0 bridgehead atoms. The van der Waals surface area contributed by atoms with E-state index >= 15 is 0 Å². The maximum absolute atomic E-state index is 13.5. The van der Waals surface area contributed by atoms with Gasteiger partial charge in [-0.25, -0.2) is 26.3 Å². The van der Waals surface area contributed by atoms with Crippen molar-refractivity contribution in [1.29, 1.82) is 0 Å². The Kier molecular flexibility index (Phi) is 4.61. The summed E-state index contributed by atoms with van der Waals surface area (Å²) in [5.74, 6) is -4.10. The summed E-state index contributed by atoms with van der Waals surface area (Å²) in [5.41, 5.74) is 0. The zero-order valence-electron chi connectivity index (χ0n) is 10.4. The average Bonchev–Trinajstić information content (AvgIpc) is 2.30. The van der Waals surface area contributed by atoms with Gasteiger partial charge in [-0.1, -0.05) is 12.8 Å². The zero-order chi connectivity index (χ0) is 14.9. The monoisotopic (exact) mass is 327 g/mol. The predicted molar refractivity (Wildman–Crippen MR) is 68.5 cm³/mol. The quantitative estimate of drug-likeness (QED) is 0.868. The minimum absolute atomic E-state index is 0.330. The van der Waals surface area contributed by atoms with Gasteiger partial charge in [0.1, 0.15) is 17.5 Å². The van der Waals surface area contributed by atoms with Crippen molar-refractivity contribution in [1.82, 2.24) is 4.72 Å². The molecule has 0 spiro atoms. The van der Waals surface area contributed by atoms with Gasteiger partial charge in [0.25, 0.3) is 0 Å². The maximum Gasteiger partial charge on any atom is 0.246 e. The molecule has 2 atom stereocenters. The van der Waals surface area contributed by atoms with E-state index in [1.807, 2.05) is 0 Å². The summed E-state index contributed by atoms with van der Waals surface area (Å²) in [5, 5.41) is -0.426. The highest BCUT2D eigenvalue weighted by atomic mass is 35.5. The van der Waals surface area contributed by atoms with Crippen LogP contribution in [0.15, 0.2) is 17.0 Å². The lowest BCUT2D eigenvalue weighted by Gasteiger charge is -2.27. The van der Waals surface area contributed by atoms with Gasteiger partial charge in [0.05, 0.1) is 0 Å². The highest BCUT2D eigenvalue weighted by Crippen LogP contribution is 2.26. The minimum atomic E-state index is -4.42. The molecule has 0 radical (unpaired) electrons. The highest BCUT2D eigenvalue weighted by molar-refractivity contribution is 7.89. The van der Waals surface area contributed by atoms with E-state index in [0.29, 0.717) is 25.0 Å². The van der Waals surface area contributed by atoms with Gasteiger partial charge < -0.3 is 0 Å². The van der Waals surface area contributed by atoms with Crippen LogP contribution in [0.5, 0.6) is 0 Å². The van der Waals surface area contributed by atoms with Crippen molar-refractivity contribution in [3.63, 3.8) is 0 Å². The number of nitrogens with one attached hydrogen (secondary N) is 1. The number of hydrogen-bond donors (Lipinski definition) is 1. The molecule has 1 saturated carbocycles. The molecule has 0 heterocycles. The standard InChI is InChI=1S/C12H13ClF3NO2S/c13-8-3-1-2-4-11(8)17-20(18,19)12-9(15)5-7(14)6-10(12)16/h5-6,8,11,17H,1-4H2. The third kappa shape index (κ3) is 3.27. The van der Waals surface area contributed by atoms with Gasteiger partial charge in [0.15, 0.2) is 4.90 Å². The molecule has 1 N–H and O–H groups in total. The van der Waals surface area contributed by atoms with Crippen LogP contribution >= 0.6 is 11.6 Å². The lowest BCUT2D eigenvalue weighted by Crippen LogP contribution is -2.43. The average molecular weight is 328 g/mol. The Bertz CT molecular complexity index is 586. The molecule has 112 valence electrons. The number of halogens is 4. The minimum Gasteiger partial charge on any atom is -0.207 e. The molecule has 1 aliphatic rings. The fourth-order valence-electron chi connectivity index (χ4n) is 2.26. The summed E-state index contributed by atoms with van der Waals surface area (Å²) >= 11 is 6.01. The first-order chi connectivity index (χ1) is 9.31. The molecular formula is C12H13ClF3NO2S.